The minimum atomic E-state index is -0.378. The van der Waals surface area contributed by atoms with Gasteiger partial charge in [0.1, 0.15) is 5.60 Å². The maximum absolute atomic E-state index is 11.6. The smallest absolute Gasteiger partial charge is 0.310 e. The third-order valence-electron chi connectivity index (χ3n) is 2.58. The second kappa shape index (κ2) is 5.33. The van der Waals surface area contributed by atoms with E-state index in [0.717, 1.165) is 19.3 Å². The maximum atomic E-state index is 11.6. The first-order chi connectivity index (χ1) is 7.40. The Hall–Kier alpha value is -1.05. The number of ether oxygens (including phenoxy) is 1. The first kappa shape index (κ1) is 13.0. The van der Waals surface area contributed by atoms with E-state index in [1.807, 2.05) is 26.8 Å². The molecule has 0 saturated heterocycles. The molecule has 0 amide bonds. The Morgan fingerprint density at radius 3 is 2.88 bits per heavy atom. The Balaban J connectivity index is 2.34. The van der Waals surface area contributed by atoms with Crippen LogP contribution in [0.5, 0.6) is 0 Å². The number of allylic oxidation sites excluding steroid dienone is 2. The van der Waals surface area contributed by atoms with Gasteiger partial charge in [-0.1, -0.05) is 17.7 Å². The van der Waals surface area contributed by atoms with Gasteiger partial charge in [-0.25, -0.2) is 0 Å². The number of carbonyl (C=O) groups excluding carboxylic acids is 1. The molecular weight excluding hydrogens is 200 g/mol. The Morgan fingerprint density at radius 2 is 2.31 bits per heavy atom. The van der Waals surface area contributed by atoms with Crippen LogP contribution in [0.15, 0.2) is 24.3 Å². The molecule has 0 heterocycles. The van der Waals surface area contributed by atoms with Crippen LogP contribution in [0, 0.1) is 5.92 Å². The van der Waals surface area contributed by atoms with E-state index < -0.39 is 0 Å². The molecule has 0 N–H and O–H groups in total. The summed E-state index contributed by atoms with van der Waals surface area (Å²) in [6.07, 6.45) is 7.71. The average molecular weight is 222 g/mol. The fourth-order valence-electron chi connectivity index (χ4n) is 1.99. The summed E-state index contributed by atoms with van der Waals surface area (Å²) in [6, 6.07) is 0. The van der Waals surface area contributed by atoms with Crippen molar-refractivity contribution < 1.29 is 9.53 Å². The van der Waals surface area contributed by atoms with Gasteiger partial charge in [0.2, 0.25) is 0 Å². The Labute approximate surface area is 98.4 Å². The molecule has 0 radical (unpaired) electrons. The number of rotatable bonds is 4. The largest absolute Gasteiger partial charge is 0.460 e. The molecule has 0 aromatic carbocycles. The lowest BCUT2D eigenvalue weighted by Crippen LogP contribution is -2.23. The van der Waals surface area contributed by atoms with Gasteiger partial charge in [-0.05, 0) is 46.0 Å². The van der Waals surface area contributed by atoms with E-state index in [-0.39, 0.29) is 11.6 Å². The maximum Gasteiger partial charge on any atom is 0.310 e. The van der Waals surface area contributed by atoms with Crippen molar-refractivity contribution in [3.8, 4) is 0 Å². The Kier molecular flexibility index (Phi) is 4.34. The fraction of sp³-hybridized carbons (Fsp3) is 0.643. The molecule has 1 unspecified atom stereocenters. The highest BCUT2D eigenvalue weighted by atomic mass is 16.6. The van der Waals surface area contributed by atoms with Gasteiger partial charge in [0.05, 0.1) is 6.42 Å². The molecule has 1 aliphatic carbocycles. The van der Waals surface area contributed by atoms with E-state index in [0.29, 0.717) is 12.3 Å². The Morgan fingerprint density at radius 1 is 1.62 bits per heavy atom. The quantitative estimate of drug-likeness (QED) is 0.536. The summed E-state index contributed by atoms with van der Waals surface area (Å²) < 4.78 is 5.29. The van der Waals surface area contributed by atoms with Crippen LogP contribution in [-0.2, 0) is 9.53 Å². The average Bonchev–Trinajstić information content (AvgIpc) is 2.49. The van der Waals surface area contributed by atoms with Gasteiger partial charge in [0, 0.05) is 0 Å². The first-order valence-corrected chi connectivity index (χ1v) is 5.91. The van der Waals surface area contributed by atoms with E-state index >= 15 is 0 Å². The highest BCUT2D eigenvalue weighted by Gasteiger charge is 2.21. The number of carbonyl (C=O) groups is 1. The van der Waals surface area contributed by atoms with E-state index in [9.17, 15) is 4.79 Å². The zero-order valence-electron chi connectivity index (χ0n) is 10.6. The number of esters is 1. The molecule has 0 saturated carbocycles. The topological polar surface area (TPSA) is 26.3 Å². The summed E-state index contributed by atoms with van der Waals surface area (Å²) >= 11 is 0. The van der Waals surface area contributed by atoms with Gasteiger partial charge < -0.3 is 4.74 Å². The molecule has 0 bridgehead atoms. The van der Waals surface area contributed by atoms with Crippen LogP contribution in [0.1, 0.15) is 46.5 Å². The summed E-state index contributed by atoms with van der Waals surface area (Å²) in [5, 5.41) is 0. The molecule has 0 fully saturated rings. The molecule has 90 valence electrons. The molecule has 2 nitrogen and oxygen atoms in total. The molecule has 0 aromatic heterocycles. The molecule has 16 heavy (non-hydrogen) atoms. The van der Waals surface area contributed by atoms with Crippen LogP contribution in [0.25, 0.3) is 0 Å². The lowest BCUT2D eigenvalue weighted by Gasteiger charge is -2.19. The summed E-state index contributed by atoms with van der Waals surface area (Å²) in [4.78, 5) is 11.6. The molecule has 1 atom stereocenters. The Bertz CT molecular complexity index is 294. The molecule has 2 heteroatoms. The predicted molar refractivity (Wildman–Crippen MR) is 66.1 cm³/mol. The van der Waals surface area contributed by atoms with Crippen molar-refractivity contribution in [2.24, 2.45) is 5.92 Å². The monoisotopic (exact) mass is 222 g/mol. The van der Waals surface area contributed by atoms with Crippen LogP contribution in [-0.4, -0.2) is 11.6 Å². The van der Waals surface area contributed by atoms with Crippen molar-refractivity contribution in [3.63, 3.8) is 0 Å². The van der Waals surface area contributed by atoms with E-state index in [4.69, 9.17) is 4.74 Å². The second-order valence-electron chi connectivity index (χ2n) is 5.46. The van der Waals surface area contributed by atoms with Gasteiger partial charge in [0.25, 0.3) is 0 Å². The minimum Gasteiger partial charge on any atom is -0.460 e. The van der Waals surface area contributed by atoms with Gasteiger partial charge in [0.15, 0.2) is 0 Å². The minimum absolute atomic E-state index is 0.113. The fourth-order valence-corrected chi connectivity index (χ4v) is 1.99. The van der Waals surface area contributed by atoms with E-state index in [2.05, 4.69) is 12.7 Å². The molecule has 0 aromatic rings. The van der Waals surface area contributed by atoms with Crippen molar-refractivity contribution >= 4 is 5.97 Å². The highest BCUT2D eigenvalue weighted by Crippen LogP contribution is 2.30. The lowest BCUT2D eigenvalue weighted by molar-refractivity contribution is -0.153. The first-order valence-electron chi connectivity index (χ1n) is 5.91. The van der Waals surface area contributed by atoms with Crippen LogP contribution >= 0.6 is 0 Å². The van der Waals surface area contributed by atoms with E-state index in [1.165, 1.54) is 5.57 Å². The van der Waals surface area contributed by atoms with Gasteiger partial charge in [-0.2, -0.15) is 0 Å². The standard InChI is InChI=1S/C14H22O2/c1-5-6-11-7-8-12(9-11)10-13(15)16-14(2,3)4/h5,8,11H,1,6-7,9-10H2,2-4H3. The molecule has 1 aliphatic rings. The summed E-state index contributed by atoms with van der Waals surface area (Å²) in [6.45, 7) is 9.44. The summed E-state index contributed by atoms with van der Waals surface area (Å²) in [5.41, 5.74) is 0.845. The lowest BCUT2D eigenvalue weighted by atomic mass is 10.0. The van der Waals surface area contributed by atoms with E-state index in [1.54, 1.807) is 0 Å². The summed E-state index contributed by atoms with van der Waals surface area (Å²) in [5.74, 6) is 0.535. The molecule has 0 spiro atoms. The van der Waals surface area contributed by atoms with Crippen LogP contribution in [0.2, 0.25) is 0 Å². The third-order valence-corrected chi connectivity index (χ3v) is 2.58. The molecule has 1 rings (SSSR count). The number of hydrogen-bond donors (Lipinski definition) is 0. The van der Waals surface area contributed by atoms with Gasteiger partial charge >= 0.3 is 5.97 Å². The molecule has 0 aliphatic heterocycles. The summed E-state index contributed by atoms with van der Waals surface area (Å²) in [7, 11) is 0. The zero-order chi connectivity index (χ0) is 12.2. The molecular formula is C14H22O2. The van der Waals surface area contributed by atoms with Crippen molar-refractivity contribution in [1.82, 2.24) is 0 Å². The third kappa shape index (κ3) is 4.65. The SMILES string of the molecule is C=CCC1CC=C(CC(=O)OC(C)(C)C)C1. The van der Waals surface area contributed by atoms with Crippen molar-refractivity contribution in [2.75, 3.05) is 0 Å². The van der Waals surface area contributed by atoms with Crippen LogP contribution in [0.4, 0.5) is 0 Å². The van der Waals surface area contributed by atoms with Gasteiger partial charge in [-0.3, -0.25) is 4.79 Å². The second-order valence-corrected chi connectivity index (χ2v) is 5.46. The van der Waals surface area contributed by atoms with Gasteiger partial charge in [-0.15, -0.1) is 6.58 Å². The number of hydrogen-bond acceptors (Lipinski definition) is 2. The van der Waals surface area contributed by atoms with Crippen molar-refractivity contribution in [1.29, 1.82) is 0 Å². The van der Waals surface area contributed by atoms with Crippen molar-refractivity contribution in [3.05, 3.63) is 24.3 Å². The van der Waals surface area contributed by atoms with Crippen LogP contribution < -0.4 is 0 Å². The zero-order valence-corrected chi connectivity index (χ0v) is 10.6. The predicted octanol–water partition coefficient (Wildman–Crippen LogP) is 3.63. The normalized spacial score (nSPS) is 20.4. The highest BCUT2D eigenvalue weighted by molar-refractivity contribution is 5.73. The van der Waals surface area contributed by atoms with Crippen LogP contribution in [0.3, 0.4) is 0 Å². The van der Waals surface area contributed by atoms with Crippen molar-refractivity contribution in [2.45, 2.75) is 52.1 Å².